The van der Waals surface area contributed by atoms with Crippen molar-refractivity contribution in [3.63, 3.8) is 0 Å². The minimum absolute atomic E-state index is 0. The SMILES string of the molecule is Cl.N=c1c(C(N)=O)cc(Cl)cn1C1CCc2ccc(C[SH](=O)=O)cc21. The second-order valence-corrected chi connectivity index (χ2v) is 7.19. The van der Waals surface area contributed by atoms with Crippen molar-refractivity contribution in [3.8, 4) is 0 Å². The van der Waals surface area contributed by atoms with E-state index in [0.29, 0.717) is 10.6 Å². The van der Waals surface area contributed by atoms with Crippen molar-refractivity contribution >= 4 is 40.6 Å². The Hall–Kier alpha value is -1.83. The Morgan fingerprint density at radius 2 is 2.08 bits per heavy atom. The predicted molar refractivity (Wildman–Crippen MR) is 98.0 cm³/mol. The van der Waals surface area contributed by atoms with E-state index >= 15 is 0 Å². The van der Waals surface area contributed by atoms with Crippen LogP contribution in [0, 0.1) is 5.41 Å². The Bertz CT molecular complexity index is 962. The number of halogens is 2. The number of pyridine rings is 1. The second-order valence-electron chi connectivity index (χ2n) is 5.77. The highest BCUT2D eigenvalue weighted by Crippen LogP contribution is 2.34. The molecule has 3 N–H and O–H groups in total. The molecule has 1 heterocycles. The highest BCUT2D eigenvalue weighted by atomic mass is 35.5. The first-order valence-electron chi connectivity index (χ1n) is 7.36. The Kier molecular flexibility index (Phi) is 5.92. The number of hydrogen-bond acceptors (Lipinski definition) is 4. The van der Waals surface area contributed by atoms with Crippen molar-refractivity contribution < 1.29 is 13.2 Å². The van der Waals surface area contributed by atoms with E-state index in [2.05, 4.69) is 0 Å². The fourth-order valence-electron chi connectivity index (χ4n) is 3.18. The number of nitrogens with zero attached hydrogens (tertiary/aromatic N) is 1. The topological polar surface area (TPSA) is 106 Å². The number of fused-ring (bicyclic) bond motifs is 1. The van der Waals surface area contributed by atoms with E-state index in [4.69, 9.17) is 22.7 Å². The van der Waals surface area contributed by atoms with Crippen molar-refractivity contribution in [3.05, 3.63) is 63.2 Å². The first-order valence-corrected chi connectivity index (χ1v) is 9.10. The third-order valence-corrected chi connectivity index (χ3v) is 5.06. The minimum atomic E-state index is -2.50. The molecule has 1 aromatic heterocycles. The van der Waals surface area contributed by atoms with Gasteiger partial charge in [-0.15, -0.1) is 12.4 Å². The standard InChI is InChI=1S/C16H16ClN3O3S.ClH/c17-11-6-13(16(19)21)15(18)20(7-11)14-4-3-10-2-1-9(5-12(10)14)8-24(22)23;/h1-2,5-7,14,18,24H,3-4,8H2,(H2,19,21);1H. The lowest BCUT2D eigenvalue weighted by Crippen LogP contribution is -2.31. The second kappa shape index (κ2) is 7.59. The lowest BCUT2D eigenvalue weighted by atomic mass is 10.0. The number of hydrogen-bond donors (Lipinski definition) is 3. The zero-order valence-electron chi connectivity index (χ0n) is 13.1. The number of rotatable bonds is 4. The van der Waals surface area contributed by atoms with Crippen LogP contribution in [0.4, 0.5) is 0 Å². The summed E-state index contributed by atoms with van der Waals surface area (Å²) in [6.45, 7) is 0. The van der Waals surface area contributed by atoms with Gasteiger partial charge in [0.15, 0.2) is 0 Å². The largest absolute Gasteiger partial charge is 0.365 e. The Balaban J connectivity index is 0.00000225. The van der Waals surface area contributed by atoms with Crippen molar-refractivity contribution in [2.24, 2.45) is 5.73 Å². The molecule has 2 aromatic rings. The van der Waals surface area contributed by atoms with Crippen LogP contribution in [0.1, 0.15) is 39.5 Å². The average Bonchev–Trinajstić information content (AvgIpc) is 2.91. The molecule has 0 bridgehead atoms. The summed E-state index contributed by atoms with van der Waals surface area (Å²) in [6.07, 6.45) is 3.17. The number of nitrogens with two attached hydrogens (primary N) is 1. The smallest absolute Gasteiger partial charge is 0.252 e. The summed E-state index contributed by atoms with van der Waals surface area (Å²) in [6, 6.07) is 6.80. The Labute approximate surface area is 157 Å². The number of carbonyl (C=O) groups excluding carboxylic acids is 1. The summed E-state index contributed by atoms with van der Waals surface area (Å²) in [4.78, 5) is 11.5. The van der Waals surface area contributed by atoms with Crippen LogP contribution in [-0.4, -0.2) is 18.9 Å². The first kappa shape index (κ1) is 19.5. The molecule has 1 unspecified atom stereocenters. The molecule has 1 atom stereocenters. The van der Waals surface area contributed by atoms with Crippen molar-refractivity contribution in [1.29, 1.82) is 5.41 Å². The summed E-state index contributed by atoms with van der Waals surface area (Å²) < 4.78 is 23.6. The molecule has 134 valence electrons. The van der Waals surface area contributed by atoms with Gasteiger partial charge in [0.25, 0.3) is 5.91 Å². The fourth-order valence-corrected chi connectivity index (χ4v) is 3.89. The molecule has 0 fully saturated rings. The van der Waals surface area contributed by atoms with Gasteiger partial charge in [0.05, 0.1) is 22.4 Å². The predicted octanol–water partition coefficient (Wildman–Crippen LogP) is 1.79. The van der Waals surface area contributed by atoms with Gasteiger partial charge < -0.3 is 10.3 Å². The van der Waals surface area contributed by atoms with Gasteiger partial charge in [-0.1, -0.05) is 29.8 Å². The maximum Gasteiger partial charge on any atom is 0.252 e. The summed E-state index contributed by atoms with van der Waals surface area (Å²) in [5, 5.41) is 8.58. The number of aryl methyl sites for hydroxylation is 1. The van der Waals surface area contributed by atoms with Crippen LogP contribution in [0.2, 0.25) is 5.02 Å². The molecule has 25 heavy (non-hydrogen) atoms. The van der Waals surface area contributed by atoms with E-state index in [0.717, 1.165) is 24.0 Å². The lowest BCUT2D eigenvalue weighted by Gasteiger charge is -2.18. The van der Waals surface area contributed by atoms with E-state index in [1.54, 1.807) is 10.8 Å². The van der Waals surface area contributed by atoms with Gasteiger partial charge in [-0.25, -0.2) is 8.42 Å². The van der Waals surface area contributed by atoms with E-state index in [9.17, 15) is 13.2 Å². The number of nitrogens with one attached hydrogen (secondary N) is 1. The molecule has 0 spiro atoms. The molecule has 6 nitrogen and oxygen atoms in total. The molecule has 0 aliphatic heterocycles. The zero-order valence-corrected chi connectivity index (χ0v) is 15.5. The van der Waals surface area contributed by atoms with E-state index in [1.807, 2.05) is 18.2 Å². The summed E-state index contributed by atoms with van der Waals surface area (Å²) >= 11 is 6.08. The molecular formula is C16H17Cl2N3O3S. The highest BCUT2D eigenvalue weighted by Gasteiger charge is 2.25. The Morgan fingerprint density at radius 3 is 2.72 bits per heavy atom. The quantitative estimate of drug-likeness (QED) is 0.679. The van der Waals surface area contributed by atoms with Gasteiger partial charge in [0.1, 0.15) is 16.2 Å². The van der Waals surface area contributed by atoms with Gasteiger partial charge in [0.2, 0.25) is 0 Å². The molecule has 1 aromatic carbocycles. The van der Waals surface area contributed by atoms with Crippen molar-refractivity contribution in [2.45, 2.75) is 24.6 Å². The number of amides is 1. The highest BCUT2D eigenvalue weighted by molar-refractivity contribution is 7.71. The molecule has 1 aliphatic rings. The number of aromatic nitrogens is 1. The number of thiol groups is 1. The molecule has 0 saturated heterocycles. The van der Waals surface area contributed by atoms with Crippen molar-refractivity contribution in [1.82, 2.24) is 4.57 Å². The van der Waals surface area contributed by atoms with Crippen molar-refractivity contribution in [2.75, 3.05) is 0 Å². The number of carbonyl (C=O) groups is 1. The van der Waals surface area contributed by atoms with Crippen LogP contribution in [0.15, 0.2) is 30.5 Å². The van der Waals surface area contributed by atoms with E-state index in [1.165, 1.54) is 6.07 Å². The van der Waals surface area contributed by atoms with Gasteiger partial charge >= 0.3 is 0 Å². The fraction of sp³-hybridized carbons (Fsp3) is 0.250. The lowest BCUT2D eigenvalue weighted by molar-refractivity contribution is 0.0997. The van der Waals surface area contributed by atoms with Crippen LogP contribution in [0.3, 0.4) is 0 Å². The van der Waals surface area contributed by atoms with Gasteiger partial charge in [-0.05, 0) is 35.6 Å². The summed E-state index contributed by atoms with van der Waals surface area (Å²) in [7, 11) is -2.50. The molecule has 1 aliphatic carbocycles. The number of primary amides is 1. The third-order valence-electron chi connectivity index (χ3n) is 4.23. The van der Waals surface area contributed by atoms with Gasteiger partial charge in [-0.2, -0.15) is 0 Å². The molecule has 0 radical (unpaired) electrons. The van der Waals surface area contributed by atoms with E-state index < -0.39 is 16.6 Å². The monoisotopic (exact) mass is 401 g/mol. The molecule has 3 rings (SSSR count). The first-order chi connectivity index (χ1) is 11.4. The Morgan fingerprint density at radius 1 is 1.36 bits per heavy atom. The van der Waals surface area contributed by atoms with Gasteiger partial charge in [-0.3, -0.25) is 10.2 Å². The maximum absolute atomic E-state index is 11.5. The van der Waals surface area contributed by atoms with Crippen LogP contribution in [-0.2, 0) is 22.9 Å². The van der Waals surface area contributed by atoms with Crippen LogP contribution in [0.25, 0.3) is 0 Å². The molecule has 9 heteroatoms. The normalized spacial score (nSPS) is 15.7. The average molecular weight is 402 g/mol. The van der Waals surface area contributed by atoms with Crippen LogP contribution < -0.4 is 11.2 Å². The van der Waals surface area contributed by atoms with E-state index in [-0.39, 0.29) is 35.3 Å². The summed E-state index contributed by atoms with van der Waals surface area (Å²) in [5.41, 5.74) is 8.17. The third kappa shape index (κ3) is 3.89. The molecule has 0 saturated carbocycles. The summed E-state index contributed by atoms with van der Waals surface area (Å²) in [5.74, 6) is -0.720. The number of benzene rings is 1. The molecular weight excluding hydrogens is 385 g/mol. The van der Waals surface area contributed by atoms with Crippen LogP contribution >= 0.6 is 24.0 Å². The maximum atomic E-state index is 11.5. The zero-order chi connectivity index (χ0) is 17.4. The van der Waals surface area contributed by atoms with Crippen LogP contribution in [0.5, 0.6) is 0 Å². The molecule has 1 amide bonds. The van der Waals surface area contributed by atoms with Gasteiger partial charge in [0, 0.05) is 6.20 Å². The minimum Gasteiger partial charge on any atom is -0.365 e.